The van der Waals surface area contributed by atoms with Gasteiger partial charge in [-0.3, -0.25) is 9.59 Å². The van der Waals surface area contributed by atoms with Gasteiger partial charge in [0, 0.05) is 37.3 Å². The predicted molar refractivity (Wildman–Crippen MR) is 124 cm³/mol. The van der Waals surface area contributed by atoms with Crippen molar-refractivity contribution in [1.82, 2.24) is 20.0 Å². The third kappa shape index (κ3) is 4.77. The van der Waals surface area contributed by atoms with Crippen molar-refractivity contribution in [3.63, 3.8) is 0 Å². The molecule has 0 radical (unpaired) electrons. The molecular formula is C24H29N5O2. The molecule has 2 aromatic carbocycles. The Morgan fingerprint density at radius 2 is 1.77 bits per heavy atom. The maximum atomic E-state index is 12.9. The van der Waals surface area contributed by atoms with Crippen LogP contribution in [0.4, 0.5) is 5.69 Å². The highest BCUT2D eigenvalue weighted by Gasteiger charge is 2.15. The quantitative estimate of drug-likeness (QED) is 0.637. The number of rotatable bonds is 7. The molecule has 7 nitrogen and oxygen atoms in total. The summed E-state index contributed by atoms with van der Waals surface area (Å²) in [5.74, 6) is -0.163. The van der Waals surface area contributed by atoms with Gasteiger partial charge in [-0.2, -0.15) is 5.10 Å². The van der Waals surface area contributed by atoms with Gasteiger partial charge in [0.2, 0.25) is 0 Å². The van der Waals surface area contributed by atoms with E-state index in [4.69, 9.17) is 0 Å². The Kier molecular flexibility index (Phi) is 6.32. The lowest BCUT2D eigenvalue weighted by molar-refractivity contribution is 0.0950. The Morgan fingerprint density at radius 1 is 1.03 bits per heavy atom. The van der Waals surface area contributed by atoms with Crippen molar-refractivity contribution < 1.29 is 4.79 Å². The van der Waals surface area contributed by atoms with Crippen LogP contribution in [0, 0.1) is 0 Å². The van der Waals surface area contributed by atoms with Crippen molar-refractivity contribution in [3.8, 4) is 0 Å². The average molecular weight is 420 g/mol. The molecule has 2 heterocycles. The van der Waals surface area contributed by atoms with E-state index in [1.54, 1.807) is 10.7 Å². The number of carbonyl (C=O) groups is 1. The van der Waals surface area contributed by atoms with Gasteiger partial charge in [0.15, 0.2) is 0 Å². The maximum absolute atomic E-state index is 12.9. The van der Waals surface area contributed by atoms with Crippen LogP contribution in [0.5, 0.6) is 0 Å². The summed E-state index contributed by atoms with van der Waals surface area (Å²) in [5, 5.41) is 9.02. The Hall–Kier alpha value is -3.19. The first kappa shape index (κ1) is 21.1. The molecule has 4 rings (SSSR count). The fraction of sp³-hybridized carbons (Fsp3) is 0.375. The second-order valence-electron chi connectivity index (χ2n) is 8.20. The van der Waals surface area contributed by atoms with Crippen LogP contribution in [0.3, 0.4) is 0 Å². The summed E-state index contributed by atoms with van der Waals surface area (Å²) >= 11 is 0. The third-order valence-corrected chi connectivity index (χ3v) is 5.81. The summed E-state index contributed by atoms with van der Waals surface area (Å²) in [6.07, 6.45) is 2.43. The molecule has 1 amide bonds. The summed E-state index contributed by atoms with van der Waals surface area (Å²) in [6.45, 7) is 3.79. The normalized spacial score (nSPS) is 14.1. The van der Waals surface area contributed by atoms with Crippen LogP contribution in [0.25, 0.3) is 10.8 Å². The van der Waals surface area contributed by atoms with Gasteiger partial charge < -0.3 is 15.1 Å². The summed E-state index contributed by atoms with van der Waals surface area (Å²) < 4.78 is 1.55. The number of amides is 1. The van der Waals surface area contributed by atoms with E-state index >= 15 is 0 Å². The SMILES string of the molecule is CN(C)c1cccc(C(=O)NCc2nn(CCN3CCCC3)c(=O)c3ccccc23)c1. The van der Waals surface area contributed by atoms with Crippen LogP contribution in [0.15, 0.2) is 53.3 Å². The number of hydrogen-bond donors (Lipinski definition) is 1. The van der Waals surface area contributed by atoms with Gasteiger partial charge in [0.1, 0.15) is 0 Å². The number of carbonyl (C=O) groups excluding carboxylic acids is 1. The van der Waals surface area contributed by atoms with Gasteiger partial charge in [-0.1, -0.05) is 24.3 Å². The van der Waals surface area contributed by atoms with E-state index < -0.39 is 0 Å². The molecule has 1 aromatic heterocycles. The predicted octanol–water partition coefficient (Wildman–Crippen LogP) is 2.49. The zero-order valence-electron chi connectivity index (χ0n) is 18.2. The van der Waals surface area contributed by atoms with Gasteiger partial charge in [-0.15, -0.1) is 0 Å². The summed E-state index contributed by atoms with van der Waals surface area (Å²) in [6, 6.07) is 15.0. The van der Waals surface area contributed by atoms with Crippen LogP contribution >= 0.6 is 0 Å². The fourth-order valence-electron chi connectivity index (χ4n) is 4.02. The van der Waals surface area contributed by atoms with Crippen molar-refractivity contribution >= 4 is 22.4 Å². The van der Waals surface area contributed by atoms with E-state index in [1.165, 1.54) is 12.8 Å². The molecule has 1 saturated heterocycles. The number of aromatic nitrogens is 2. The van der Waals surface area contributed by atoms with Gasteiger partial charge in [0.05, 0.1) is 24.2 Å². The molecule has 7 heteroatoms. The van der Waals surface area contributed by atoms with Crippen LogP contribution in [-0.4, -0.2) is 54.3 Å². The second-order valence-corrected chi connectivity index (χ2v) is 8.20. The summed E-state index contributed by atoms with van der Waals surface area (Å²) in [5.41, 5.74) is 2.18. The van der Waals surface area contributed by atoms with E-state index in [9.17, 15) is 9.59 Å². The molecule has 0 aliphatic carbocycles. The van der Waals surface area contributed by atoms with Crippen molar-refractivity contribution in [3.05, 3.63) is 70.1 Å². The van der Waals surface area contributed by atoms with Gasteiger partial charge in [-0.05, 0) is 50.2 Å². The van der Waals surface area contributed by atoms with E-state index in [0.29, 0.717) is 23.2 Å². The van der Waals surface area contributed by atoms with Crippen molar-refractivity contribution in [2.24, 2.45) is 0 Å². The first-order chi connectivity index (χ1) is 15.0. The highest BCUT2D eigenvalue weighted by molar-refractivity contribution is 5.95. The number of anilines is 1. The van der Waals surface area contributed by atoms with E-state index in [0.717, 1.165) is 30.7 Å². The van der Waals surface area contributed by atoms with Crippen LogP contribution < -0.4 is 15.8 Å². The molecule has 0 spiro atoms. The van der Waals surface area contributed by atoms with Crippen molar-refractivity contribution in [2.45, 2.75) is 25.9 Å². The van der Waals surface area contributed by atoms with Gasteiger partial charge >= 0.3 is 0 Å². The number of nitrogens with one attached hydrogen (secondary N) is 1. The number of fused-ring (bicyclic) bond motifs is 1. The fourth-order valence-corrected chi connectivity index (χ4v) is 4.02. The molecule has 3 aromatic rings. The van der Waals surface area contributed by atoms with Gasteiger partial charge in [-0.25, -0.2) is 4.68 Å². The average Bonchev–Trinajstić information content (AvgIpc) is 3.31. The first-order valence-electron chi connectivity index (χ1n) is 10.8. The number of hydrogen-bond acceptors (Lipinski definition) is 5. The van der Waals surface area contributed by atoms with Crippen LogP contribution in [0.1, 0.15) is 28.9 Å². The smallest absolute Gasteiger partial charge is 0.274 e. The highest BCUT2D eigenvalue weighted by atomic mass is 16.1. The Bertz CT molecular complexity index is 1130. The van der Waals surface area contributed by atoms with Crippen molar-refractivity contribution in [2.75, 3.05) is 38.6 Å². The second kappa shape index (κ2) is 9.31. The van der Waals surface area contributed by atoms with Gasteiger partial charge in [0.25, 0.3) is 11.5 Å². The van der Waals surface area contributed by atoms with Crippen LogP contribution in [-0.2, 0) is 13.1 Å². The molecule has 0 unspecified atom stereocenters. The lowest BCUT2D eigenvalue weighted by atomic mass is 10.1. The lowest BCUT2D eigenvalue weighted by Gasteiger charge is -2.16. The monoisotopic (exact) mass is 419 g/mol. The standard InChI is InChI=1S/C24H29N5O2/c1-27(2)19-9-7-8-18(16-19)23(30)25-17-22-20-10-3-4-11-21(20)24(31)29(26-22)15-14-28-12-5-6-13-28/h3-4,7-11,16H,5-6,12-15,17H2,1-2H3,(H,25,30). The minimum Gasteiger partial charge on any atom is -0.378 e. The first-order valence-corrected chi connectivity index (χ1v) is 10.8. The highest BCUT2D eigenvalue weighted by Crippen LogP contribution is 2.16. The van der Waals surface area contributed by atoms with E-state index in [1.807, 2.05) is 61.5 Å². The molecule has 31 heavy (non-hydrogen) atoms. The third-order valence-electron chi connectivity index (χ3n) is 5.81. The Balaban J connectivity index is 1.56. The van der Waals surface area contributed by atoms with Crippen molar-refractivity contribution in [1.29, 1.82) is 0 Å². The van der Waals surface area contributed by atoms with E-state index in [-0.39, 0.29) is 18.0 Å². The molecular weight excluding hydrogens is 390 g/mol. The molecule has 0 bridgehead atoms. The number of likely N-dealkylation sites (tertiary alicyclic amines) is 1. The lowest BCUT2D eigenvalue weighted by Crippen LogP contribution is -2.32. The molecule has 1 N–H and O–H groups in total. The Labute approximate surface area is 182 Å². The molecule has 162 valence electrons. The molecule has 1 fully saturated rings. The largest absolute Gasteiger partial charge is 0.378 e. The zero-order valence-corrected chi connectivity index (χ0v) is 18.2. The summed E-state index contributed by atoms with van der Waals surface area (Å²) in [4.78, 5) is 30.0. The molecule has 0 atom stereocenters. The van der Waals surface area contributed by atoms with E-state index in [2.05, 4.69) is 15.3 Å². The summed E-state index contributed by atoms with van der Waals surface area (Å²) in [7, 11) is 3.89. The Morgan fingerprint density at radius 3 is 2.52 bits per heavy atom. The zero-order chi connectivity index (χ0) is 21.8. The number of benzene rings is 2. The number of nitrogens with zero attached hydrogens (tertiary/aromatic N) is 4. The minimum absolute atomic E-state index is 0.0800. The molecule has 1 aliphatic heterocycles. The maximum Gasteiger partial charge on any atom is 0.274 e. The molecule has 1 aliphatic rings. The minimum atomic E-state index is -0.163. The molecule has 0 saturated carbocycles. The van der Waals surface area contributed by atoms with Crippen LogP contribution in [0.2, 0.25) is 0 Å². The topological polar surface area (TPSA) is 70.5 Å².